The van der Waals surface area contributed by atoms with Crippen LogP contribution in [0.3, 0.4) is 0 Å². The van der Waals surface area contributed by atoms with E-state index in [2.05, 4.69) is 0 Å². The molecule has 1 saturated heterocycles. The van der Waals surface area contributed by atoms with Gasteiger partial charge in [-0.25, -0.2) is 0 Å². The lowest BCUT2D eigenvalue weighted by molar-refractivity contribution is -0.139. The van der Waals surface area contributed by atoms with Gasteiger partial charge >= 0.3 is 5.97 Å². The molecule has 1 N–H and O–H groups in total. The molecular formula is C16H17Cl2NO3S. The van der Waals surface area contributed by atoms with E-state index in [0.29, 0.717) is 28.7 Å². The maximum absolute atomic E-state index is 12.7. The molecule has 1 saturated carbocycles. The van der Waals surface area contributed by atoms with Crippen molar-refractivity contribution < 1.29 is 14.7 Å². The summed E-state index contributed by atoms with van der Waals surface area (Å²) in [5.74, 6) is -1.05. The first-order valence-electron chi connectivity index (χ1n) is 7.43. The first kappa shape index (κ1) is 16.9. The number of nitrogens with zero attached hydrogens (tertiary/aromatic N) is 1. The molecule has 1 spiro atoms. The Bertz CT molecular complexity index is 672. The molecule has 1 heterocycles. The van der Waals surface area contributed by atoms with Gasteiger partial charge in [0.25, 0.3) is 5.91 Å². The van der Waals surface area contributed by atoms with Crippen LogP contribution in [0.2, 0.25) is 10.0 Å². The van der Waals surface area contributed by atoms with Crippen molar-refractivity contribution in [2.24, 2.45) is 11.3 Å². The zero-order chi connectivity index (χ0) is 16.8. The molecule has 0 bridgehead atoms. The van der Waals surface area contributed by atoms with Crippen molar-refractivity contribution in [2.75, 3.05) is 19.3 Å². The van der Waals surface area contributed by atoms with E-state index in [1.54, 1.807) is 17.0 Å². The van der Waals surface area contributed by atoms with E-state index in [1.807, 2.05) is 6.26 Å². The van der Waals surface area contributed by atoms with Crippen molar-refractivity contribution in [2.45, 2.75) is 24.2 Å². The van der Waals surface area contributed by atoms with Gasteiger partial charge in [-0.1, -0.05) is 23.2 Å². The average molecular weight is 374 g/mol. The molecule has 0 aromatic heterocycles. The Labute approximate surface area is 149 Å². The van der Waals surface area contributed by atoms with E-state index in [1.165, 1.54) is 11.8 Å². The molecule has 1 aromatic rings. The van der Waals surface area contributed by atoms with Crippen LogP contribution in [0.5, 0.6) is 0 Å². The summed E-state index contributed by atoms with van der Waals surface area (Å²) in [7, 11) is 0. The van der Waals surface area contributed by atoms with E-state index < -0.39 is 5.97 Å². The van der Waals surface area contributed by atoms with Crippen LogP contribution in [-0.2, 0) is 4.79 Å². The molecule has 3 rings (SSSR count). The van der Waals surface area contributed by atoms with Crippen LogP contribution in [0.25, 0.3) is 0 Å². The molecule has 0 radical (unpaired) electrons. The Morgan fingerprint density at radius 1 is 1.26 bits per heavy atom. The quantitative estimate of drug-likeness (QED) is 0.812. The van der Waals surface area contributed by atoms with Crippen LogP contribution in [0, 0.1) is 11.3 Å². The summed E-state index contributed by atoms with van der Waals surface area (Å²) >= 11 is 13.8. The molecule has 1 atom stereocenters. The second-order valence-corrected chi connectivity index (χ2v) is 7.88. The predicted octanol–water partition coefficient (Wildman–Crippen LogP) is 4.04. The minimum Gasteiger partial charge on any atom is -0.481 e. The molecule has 1 amide bonds. The second kappa shape index (κ2) is 6.19. The Morgan fingerprint density at radius 2 is 1.91 bits per heavy atom. The summed E-state index contributed by atoms with van der Waals surface area (Å²) in [6, 6.07) is 3.34. The van der Waals surface area contributed by atoms with Crippen LogP contribution < -0.4 is 0 Å². The monoisotopic (exact) mass is 373 g/mol. The number of likely N-dealkylation sites (tertiary alicyclic amines) is 1. The Morgan fingerprint density at radius 3 is 2.43 bits per heavy atom. The van der Waals surface area contributed by atoms with Gasteiger partial charge in [0.1, 0.15) is 0 Å². The molecule has 23 heavy (non-hydrogen) atoms. The number of piperidine rings is 1. The topological polar surface area (TPSA) is 57.6 Å². The van der Waals surface area contributed by atoms with Gasteiger partial charge in [0.05, 0.1) is 21.5 Å². The van der Waals surface area contributed by atoms with Gasteiger partial charge in [0.15, 0.2) is 0 Å². The van der Waals surface area contributed by atoms with Crippen molar-refractivity contribution in [1.29, 1.82) is 0 Å². The molecule has 7 heteroatoms. The highest BCUT2D eigenvalue weighted by atomic mass is 35.5. The molecule has 1 aliphatic heterocycles. The highest BCUT2D eigenvalue weighted by molar-refractivity contribution is 7.98. The van der Waals surface area contributed by atoms with Crippen LogP contribution in [0.4, 0.5) is 0 Å². The molecule has 1 aliphatic carbocycles. The van der Waals surface area contributed by atoms with Crippen molar-refractivity contribution in [3.63, 3.8) is 0 Å². The van der Waals surface area contributed by atoms with Gasteiger partial charge in [-0.05, 0) is 43.1 Å². The number of hydrogen-bond donors (Lipinski definition) is 1. The van der Waals surface area contributed by atoms with E-state index in [-0.39, 0.29) is 17.2 Å². The highest BCUT2D eigenvalue weighted by Gasteiger charge is 2.59. The summed E-state index contributed by atoms with van der Waals surface area (Å²) in [6.45, 7) is 1.16. The lowest BCUT2D eigenvalue weighted by atomic mass is 9.90. The number of amides is 1. The fraction of sp³-hybridized carbons (Fsp3) is 0.500. The minimum absolute atomic E-state index is 0.0865. The molecule has 1 aromatic carbocycles. The number of carboxylic acids is 1. The van der Waals surface area contributed by atoms with Gasteiger partial charge in [-0.2, -0.15) is 0 Å². The molecule has 2 fully saturated rings. The molecular weight excluding hydrogens is 357 g/mol. The van der Waals surface area contributed by atoms with Crippen LogP contribution in [-0.4, -0.2) is 41.2 Å². The van der Waals surface area contributed by atoms with Gasteiger partial charge in [0, 0.05) is 18.0 Å². The third kappa shape index (κ3) is 3.06. The molecule has 124 valence electrons. The number of carbonyl (C=O) groups excluding carboxylic acids is 1. The number of aliphatic carboxylic acids is 1. The van der Waals surface area contributed by atoms with Gasteiger partial charge < -0.3 is 10.0 Å². The summed E-state index contributed by atoms with van der Waals surface area (Å²) in [5.41, 5.74) is 0.374. The number of carboxylic acid groups (broad SMARTS) is 1. The molecule has 4 nitrogen and oxygen atoms in total. The van der Waals surface area contributed by atoms with Crippen molar-refractivity contribution in [3.05, 3.63) is 27.7 Å². The summed E-state index contributed by atoms with van der Waals surface area (Å²) in [5, 5.41) is 10.0. The first-order chi connectivity index (χ1) is 10.9. The Hall–Kier alpha value is -0.910. The van der Waals surface area contributed by atoms with E-state index in [9.17, 15) is 9.59 Å². The fourth-order valence-electron chi connectivity index (χ4n) is 3.42. The van der Waals surface area contributed by atoms with E-state index >= 15 is 0 Å². The van der Waals surface area contributed by atoms with Gasteiger partial charge in [-0.15, -0.1) is 11.8 Å². The summed E-state index contributed by atoms with van der Waals surface area (Å²) in [6.07, 6.45) is 4.13. The average Bonchev–Trinajstić information content (AvgIpc) is 3.22. The Kier molecular flexibility index (Phi) is 4.55. The van der Waals surface area contributed by atoms with Crippen molar-refractivity contribution in [3.8, 4) is 0 Å². The van der Waals surface area contributed by atoms with Crippen molar-refractivity contribution >= 4 is 46.8 Å². The lowest BCUT2D eigenvalue weighted by Gasteiger charge is -2.33. The number of rotatable bonds is 3. The number of hydrogen-bond acceptors (Lipinski definition) is 3. The smallest absolute Gasteiger partial charge is 0.307 e. The second-order valence-electron chi connectivity index (χ2n) is 6.22. The van der Waals surface area contributed by atoms with Crippen LogP contribution >= 0.6 is 35.0 Å². The number of halogens is 2. The van der Waals surface area contributed by atoms with Crippen molar-refractivity contribution in [1.82, 2.24) is 4.90 Å². The highest BCUT2D eigenvalue weighted by Crippen LogP contribution is 2.59. The Balaban J connectivity index is 1.72. The number of benzene rings is 1. The third-order valence-corrected chi connectivity index (χ3v) is 6.52. The molecule has 2 aliphatic rings. The van der Waals surface area contributed by atoms with Gasteiger partial charge in [-0.3, -0.25) is 9.59 Å². The first-order valence-corrected chi connectivity index (χ1v) is 9.41. The fourth-order valence-corrected chi connectivity index (χ4v) is 4.61. The number of carbonyl (C=O) groups is 2. The van der Waals surface area contributed by atoms with Crippen LogP contribution in [0.1, 0.15) is 29.6 Å². The summed E-state index contributed by atoms with van der Waals surface area (Å²) < 4.78 is 0. The number of thioether (sulfide) groups is 1. The molecule has 1 unspecified atom stereocenters. The maximum Gasteiger partial charge on any atom is 0.307 e. The predicted molar refractivity (Wildman–Crippen MR) is 91.6 cm³/mol. The minimum atomic E-state index is -0.713. The lowest BCUT2D eigenvalue weighted by Crippen LogP contribution is -2.40. The zero-order valence-electron chi connectivity index (χ0n) is 12.6. The third-order valence-electron chi connectivity index (χ3n) is 5.01. The SMILES string of the molecule is CSc1cc(C(=O)N2CCC3(CC2)CC3C(=O)O)c(Cl)cc1Cl. The largest absolute Gasteiger partial charge is 0.481 e. The summed E-state index contributed by atoms with van der Waals surface area (Å²) in [4.78, 5) is 26.4. The van der Waals surface area contributed by atoms with Gasteiger partial charge in [0.2, 0.25) is 0 Å². The normalized spacial score (nSPS) is 22.2. The van der Waals surface area contributed by atoms with E-state index in [4.69, 9.17) is 28.3 Å². The van der Waals surface area contributed by atoms with Crippen LogP contribution in [0.15, 0.2) is 17.0 Å². The zero-order valence-corrected chi connectivity index (χ0v) is 15.0. The standard InChI is InChI=1S/C16H17Cl2NO3S/c1-23-13-6-9(11(17)7-12(13)18)14(20)19-4-2-16(3-5-19)8-10(16)15(21)22/h6-7,10H,2-5,8H2,1H3,(H,21,22). The maximum atomic E-state index is 12.7. The van der Waals surface area contributed by atoms with E-state index in [0.717, 1.165) is 24.2 Å².